The first-order valence-electron chi connectivity index (χ1n) is 8.60. The van der Waals surface area contributed by atoms with Crippen molar-refractivity contribution in [3.63, 3.8) is 0 Å². The van der Waals surface area contributed by atoms with Crippen molar-refractivity contribution >= 4 is 80.2 Å². The second kappa shape index (κ2) is 12.9. The lowest BCUT2D eigenvalue weighted by atomic mass is 10.0. The number of halogens is 3. The minimum atomic E-state index is -1.16. The third-order valence-corrected chi connectivity index (χ3v) is 6.29. The summed E-state index contributed by atoms with van der Waals surface area (Å²) in [7, 11) is 0. The molecule has 0 aliphatic carbocycles. The first kappa shape index (κ1) is 27.3. The first-order chi connectivity index (χ1) is 14.1. The topological polar surface area (TPSA) is 168 Å². The average molecular weight is 670 g/mol. The first-order valence-corrected chi connectivity index (χ1v) is 11.3. The van der Waals surface area contributed by atoms with Crippen LogP contribution in [0.25, 0.3) is 0 Å². The summed E-state index contributed by atoms with van der Waals surface area (Å²) in [6.07, 6.45) is -2.32. The molecule has 2 unspecified atom stereocenters. The summed E-state index contributed by atoms with van der Waals surface area (Å²) < 4.78 is 0.640. The molecule has 3 amide bonds. The second-order valence-corrected chi connectivity index (χ2v) is 8.58. The number of aliphatic hydroxyl groups excluding tert-OH is 4. The lowest BCUT2D eigenvalue weighted by Crippen LogP contribution is -2.37. The van der Waals surface area contributed by atoms with Gasteiger partial charge in [-0.05, 0) is 57.7 Å². The van der Waals surface area contributed by atoms with Gasteiger partial charge < -0.3 is 36.4 Å². The molecule has 0 saturated heterocycles. The Kier molecular flexibility index (Phi) is 11.7. The van der Waals surface area contributed by atoms with Crippen LogP contribution in [-0.4, -0.2) is 82.5 Å². The molecule has 0 aliphatic rings. The van der Waals surface area contributed by atoms with E-state index >= 15 is 0 Å². The fraction of sp³-hybridized carbons (Fsp3) is 0.471. The van der Waals surface area contributed by atoms with Crippen LogP contribution in [0.2, 0.25) is 0 Å². The lowest BCUT2D eigenvalue weighted by molar-refractivity contribution is -0.113. The molecule has 168 valence electrons. The van der Waals surface area contributed by atoms with E-state index in [2.05, 4.69) is 16.0 Å². The zero-order chi connectivity index (χ0) is 23.0. The maximum absolute atomic E-state index is 12.8. The highest BCUT2D eigenvalue weighted by molar-refractivity contribution is 14.1. The molecule has 0 aromatic heterocycles. The predicted molar refractivity (Wildman–Crippen MR) is 127 cm³/mol. The lowest BCUT2D eigenvalue weighted by Gasteiger charge is -2.21. The van der Waals surface area contributed by atoms with Crippen LogP contribution in [0.5, 0.6) is 0 Å². The largest absolute Gasteiger partial charge is 0.394 e. The summed E-state index contributed by atoms with van der Waals surface area (Å²) in [4.78, 5) is 37.4. The van der Waals surface area contributed by atoms with Crippen LogP contribution in [0.15, 0.2) is 0 Å². The number of anilines is 1. The third-order valence-electron chi connectivity index (χ3n) is 3.89. The molecule has 1 aromatic carbocycles. The minimum absolute atomic E-state index is 0.0877. The number of hydrogen-bond donors (Lipinski definition) is 7. The van der Waals surface area contributed by atoms with E-state index in [1.807, 2.05) is 45.2 Å². The van der Waals surface area contributed by atoms with Crippen LogP contribution >= 0.6 is 56.8 Å². The zero-order valence-electron chi connectivity index (χ0n) is 15.8. The molecule has 13 heteroatoms. The number of carbonyl (C=O) groups is 3. The fourth-order valence-electron chi connectivity index (χ4n) is 2.32. The van der Waals surface area contributed by atoms with Crippen molar-refractivity contribution in [3.8, 4) is 0 Å². The van der Waals surface area contributed by atoms with Crippen LogP contribution in [0.3, 0.4) is 0 Å². The summed E-state index contributed by atoms with van der Waals surface area (Å²) in [5, 5.41) is 44.3. The number of aliphatic hydroxyl groups is 4. The Balaban J connectivity index is 3.48. The van der Waals surface area contributed by atoms with Gasteiger partial charge in [-0.2, -0.15) is 0 Å². The molecule has 7 N–H and O–H groups in total. The van der Waals surface area contributed by atoms with Gasteiger partial charge in [0, 0.05) is 16.7 Å². The molecule has 0 heterocycles. The molecule has 1 aromatic rings. The molecule has 0 bridgehead atoms. The molecule has 0 saturated carbocycles. The van der Waals surface area contributed by atoms with Crippen molar-refractivity contribution in [1.82, 2.24) is 10.6 Å². The second-order valence-electron chi connectivity index (χ2n) is 6.15. The van der Waals surface area contributed by atoms with Gasteiger partial charge in [0.05, 0.1) is 45.8 Å². The molecular formula is C17H22ClI2N3O7. The Bertz CT molecular complexity index is 757. The van der Waals surface area contributed by atoms with Crippen molar-refractivity contribution < 1.29 is 34.8 Å². The van der Waals surface area contributed by atoms with Crippen LogP contribution in [0.1, 0.15) is 26.3 Å². The monoisotopic (exact) mass is 669 g/mol. The smallest absolute Gasteiger partial charge is 0.253 e. The minimum Gasteiger partial charge on any atom is -0.394 e. The van der Waals surface area contributed by atoms with Gasteiger partial charge in [-0.3, -0.25) is 14.4 Å². The highest BCUT2D eigenvalue weighted by Gasteiger charge is 2.28. The maximum Gasteiger partial charge on any atom is 0.253 e. The highest BCUT2D eigenvalue weighted by Crippen LogP contribution is 2.34. The average Bonchev–Trinajstić information content (AvgIpc) is 2.72. The van der Waals surface area contributed by atoms with E-state index in [1.165, 1.54) is 0 Å². The number of benzene rings is 1. The van der Waals surface area contributed by atoms with E-state index in [9.17, 15) is 24.6 Å². The Labute approximate surface area is 205 Å². The fourth-order valence-corrected chi connectivity index (χ4v) is 5.12. The van der Waals surface area contributed by atoms with Gasteiger partial charge in [0.25, 0.3) is 11.8 Å². The van der Waals surface area contributed by atoms with Crippen molar-refractivity contribution in [3.05, 3.63) is 23.8 Å². The predicted octanol–water partition coefficient (Wildman–Crippen LogP) is -0.452. The van der Waals surface area contributed by atoms with Crippen LogP contribution in [0.4, 0.5) is 5.69 Å². The van der Waals surface area contributed by atoms with Gasteiger partial charge in [0.15, 0.2) is 0 Å². The van der Waals surface area contributed by atoms with Crippen molar-refractivity contribution in [2.75, 3.05) is 37.5 Å². The molecule has 0 radical (unpaired) electrons. The maximum atomic E-state index is 12.8. The number of rotatable bonds is 10. The number of amides is 3. The molecule has 0 fully saturated rings. The SMILES string of the molecule is Cc1c(NC(=O)CCl)c(I)c(C(=O)NCC(O)CO)c(I)c1C(=O)NCC(O)CO. The van der Waals surface area contributed by atoms with Gasteiger partial charge in [0.1, 0.15) is 5.88 Å². The summed E-state index contributed by atoms with van der Waals surface area (Å²) in [5.41, 5.74) is 0.788. The van der Waals surface area contributed by atoms with Crippen molar-refractivity contribution in [1.29, 1.82) is 0 Å². The Morgan fingerprint density at radius 2 is 1.40 bits per heavy atom. The molecular weight excluding hydrogens is 647 g/mol. The van der Waals surface area contributed by atoms with Crippen LogP contribution < -0.4 is 16.0 Å². The summed E-state index contributed by atoms with van der Waals surface area (Å²) >= 11 is 9.25. The Morgan fingerprint density at radius 3 is 1.83 bits per heavy atom. The summed E-state index contributed by atoms with van der Waals surface area (Å²) in [6, 6.07) is 0. The number of nitrogens with one attached hydrogen (secondary N) is 3. The quantitative estimate of drug-likeness (QED) is 0.131. The third kappa shape index (κ3) is 7.13. The number of carbonyl (C=O) groups excluding carboxylic acids is 3. The van der Waals surface area contributed by atoms with Gasteiger partial charge in [-0.1, -0.05) is 0 Å². The summed E-state index contributed by atoms with van der Waals surface area (Å²) in [5.74, 6) is -2.12. The number of alkyl halides is 1. The van der Waals surface area contributed by atoms with Gasteiger partial charge in [-0.15, -0.1) is 11.6 Å². The van der Waals surface area contributed by atoms with E-state index in [0.717, 1.165) is 0 Å². The molecule has 0 spiro atoms. The van der Waals surface area contributed by atoms with E-state index in [-0.39, 0.29) is 39.4 Å². The van der Waals surface area contributed by atoms with Crippen molar-refractivity contribution in [2.45, 2.75) is 19.1 Å². The zero-order valence-corrected chi connectivity index (χ0v) is 20.9. The normalized spacial score (nSPS) is 12.8. The molecule has 1 rings (SSSR count). The molecule has 10 nitrogen and oxygen atoms in total. The van der Waals surface area contributed by atoms with E-state index in [1.54, 1.807) is 6.92 Å². The van der Waals surface area contributed by atoms with E-state index in [4.69, 9.17) is 21.8 Å². The number of hydrogen-bond acceptors (Lipinski definition) is 7. The Hall–Kier alpha value is -0.780. The summed E-state index contributed by atoms with van der Waals surface area (Å²) in [6.45, 7) is 0.0668. The van der Waals surface area contributed by atoms with E-state index in [0.29, 0.717) is 9.13 Å². The van der Waals surface area contributed by atoms with Gasteiger partial charge >= 0.3 is 0 Å². The van der Waals surface area contributed by atoms with E-state index < -0.39 is 43.1 Å². The highest BCUT2D eigenvalue weighted by atomic mass is 127. The van der Waals surface area contributed by atoms with Crippen LogP contribution in [0, 0.1) is 14.1 Å². The molecule has 2 atom stereocenters. The molecule has 30 heavy (non-hydrogen) atoms. The Morgan fingerprint density at radius 1 is 0.933 bits per heavy atom. The molecule has 0 aliphatic heterocycles. The van der Waals surface area contributed by atoms with Crippen LogP contribution in [-0.2, 0) is 4.79 Å². The van der Waals surface area contributed by atoms with Gasteiger partial charge in [0.2, 0.25) is 5.91 Å². The standard InChI is InChI=1S/C17H22ClI2N3O7/c1-7-11(16(29)21-3-8(26)5-24)13(19)12(17(30)22-4-9(27)6-25)14(20)15(7)23-10(28)2-18/h8-9,24-27H,2-6H2,1H3,(H,21,29)(H,22,30)(H,23,28). The van der Waals surface area contributed by atoms with Crippen molar-refractivity contribution in [2.24, 2.45) is 0 Å². The van der Waals surface area contributed by atoms with Gasteiger partial charge in [-0.25, -0.2) is 0 Å².